The fourth-order valence-corrected chi connectivity index (χ4v) is 4.30. The predicted molar refractivity (Wildman–Crippen MR) is 112 cm³/mol. The Labute approximate surface area is 152 Å². The van der Waals surface area contributed by atoms with Gasteiger partial charge in [-0.15, -0.1) is 0 Å². The van der Waals surface area contributed by atoms with Crippen LogP contribution in [-0.4, -0.2) is 9.13 Å². The molecule has 0 spiro atoms. The van der Waals surface area contributed by atoms with Crippen LogP contribution in [-0.2, 0) is 13.1 Å². The first-order valence-corrected chi connectivity index (χ1v) is 9.08. The van der Waals surface area contributed by atoms with Crippen LogP contribution in [0.2, 0.25) is 0 Å². The minimum absolute atomic E-state index is 0.482. The summed E-state index contributed by atoms with van der Waals surface area (Å²) in [7, 11) is 0. The summed E-state index contributed by atoms with van der Waals surface area (Å²) in [6.07, 6.45) is 13.8. The van der Waals surface area contributed by atoms with Gasteiger partial charge in [0.05, 0.1) is 23.2 Å². The van der Waals surface area contributed by atoms with E-state index < -0.39 is 0 Å². The molecule has 128 valence electrons. The van der Waals surface area contributed by atoms with Gasteiger partial charge in [0, 0.05) is 28.1 Å². The first-order valence-electron chi connectivity index (χ1n) is 9.08. The van der Waals surface area contributed by atoms with Gasteiger partial charge in [-0.1, -0.05) is 48.6 Å². The molecule has 2 aromatic heterocycles. The molecule has 0 radical (unpaired) electrons. The monoisotopic (exact) mass is 339 g/mol. The highest BCUT2D eigenvalue weighted by molar-refractivity contribution is 6.19. The summed E-state index contributed by atoms with van der Waals surface area (Å²) >= 11 is 0. The highest BCUT2D eigenvalue weighted by atomic mass is 15.1. The van der Waals surface area contributed by atoms with E-state index in [2.05, 4.69) is 76.0 Å². The van der Waals surface area contributed by atoms with E-state index in [4.69, 9.17) is 5.73 Å². The number of allylic oxidation sites excluding steroid dienone is 4. The molecule has 4 aromatic rings. The fraction of sp³-hybridized carbons (Fsp3) is 0.130. The summed E-state index contributed by atoms with van der Waals surface area (Å²) in [6, 6.07) is 13.1. The standard InChI is InChI=1S/C23H21N3/c1-2-3-6-14-25-20-10-5-4-8-16(20)18-12-13-19-17-9-7-11-21(17)26(15-24)23(19)22(18)25/h2-8,10-14H,9,15,24H2,1H3/b3-2-,14-6-. The maximum atomic E-state index is 6.18. The van der Waals surface area contributed by atoms with Crippen molar-refractivity contribution in [2.24, 2.45) is 5.73 Å². The quantitative estimate of drug-likeness (QED) is 0.506. The summed E-state index contributed by atoms with van der Waals surface area (Å²) in [5.41, 5.74) is 12.5. The largest absolute Gasteiger partial charge is 0.326 e. The number of nitrogens with two attached hydrogens (primary N) is 1. The number of hydrogen-bond acceptors (Lipinski definition) is 1. The van der Waals surface area contributed by atoms with E-state index in [0.717, 1.165) is 6.42 Å². The van der Waals surface area contributed by atoms with Gasteiger partial charge in [-0.25, -0.2) is 0 Å². The van der Waals surface area contributed by atoms with Gasteiger partial charge in [-0.05, 0) is 37.1 Å². The number of hydrogen-bond donors (Lipinski definition) is 1. The van der Waals surface area contributed by atoms with Gasteiger partial charge >= 0.3 is 0 Å². The van der Waals surface area contributed by atoms with Crippen molar-refractivity contribution in [2.45, 2.75) is 20.0 Å². The van der Waals surface area contributed by atoms with Crippen molar-refractivity contribution >= 4 is 45.0 Å². The van der Waals surface area contributed by atoms with E-state index in [-0.39, 0.29) is 0 Å². The Bertz CT molecular complexity index is 1250. The summed E-state index contributed by atoms with van der Waals surface area (Å²) in [5.74, 6) is 0. The molecule has 0 bridgehead atoms. The number of rotatable bonds is 3. The van der Waals surface area contributed by atoms with E-state index in [1.807, 2.05) is 13.0 Å². The van der Waals surface area contributed by atoms with Gasteiger partial charge in [-0.2, -0.15) is 0 Å². The molecule has 0 atom stereocenters. The third-order valence-corrected chi connectivity index (χ3v) is 5.36. The summed E-state index contributed by atoms with van der Waals surface area (Å²) in [4.78, 5) is 0. The van der Waals surface area contributed by atoms with Gasteiger partial charge < -0.3 is 14.9 Å². The molecule has 3 nitrogen and oxygen atoms in total. The molecular weight excluding hydrogens is 318 g/mol. The highest BCUT2D eigenvalue weighted by Gasteiger charge is 2.21. The topological polar surface area (TPSA) is 35.9 Å². The van der Waals surface area contributed by atoms with Crippen molar-refractivity contribution in [3.05, 3.63) is 72.0 Å². The van der Waals surface area contributed by atoms with Crippen LogP contribution in [0.5, 0.6) is 0 Å². The lowest BCUT2D eigenvalue weighted by Gasteiger charge is -2.08. The lowest BCUT2D eigenvalue weighted by molar-refractivity contribution is 0.757. The Hall–Kier alpha value is -3.04. The SMILES string of the molecule is C/C=C\C=C/n1c2ccccc2c2ccc3c4c(n(CN)c3c21)C=CC4. The maximum absolute atomic E-state index is 6.18. The second-order valence-electron chi connectivity index (χ2n) is 6.69. The molecule has 2 aromatic carbocycles. The zero-order valence-electron chi connectivity index (χ0n) is 14.8. The van der Waals surface area contributed by atoms with Crippen molar-refractivity contribution in [3.63, 3.8) is 0 Å². The molecule has 1 aliphatic rings. The molecule has 5 rings (SSSR count). The minimum atomic E-state index is 0.482. The van der Waals surface area contributed by atoms with Crippen molar-refractivity contribution in [1.82, 2.24) is 9.13 Å². The zero-order chi connectivity index (χ0) is 17.7. The van der Waals surface area contributed by atoms with Gasteiger partial charge in [0.15, 0.2) is 0 Å². The molecular formula is C23H21N3. The number of aromatic nitrogens is 2. The van der Waals surface area contributed by atoms with Crippen LogP contribution in [0.4, 0.5) is 0 Å². The third-order valence-electron chi connectivity index (χ3n) is 5.36. The lowest BCUT2D eigenvalue weighted by atomic mass is 10.1. The summed E-state index contributed by atoms with van der Waals surface area (Å²) in [5, 5.41) is 3.86. The molecule has 26 heavy (non-hydrogen) atoms. The Morgan fingerprint density at radius 3 is 2.69 bits per heavy atom. The van der Waals surface area contributed by atoms with E-state index in [0.29, 0.717) is 6.67 Å². The van der Waals surface area contributed by atoms with E-state index in [9.17, 15) is 0 Å². The Morgan fingerprint density at radius 1 is 1.00 bits per heavy atom. The Balaban J connectivity index is 2.02. The minimum Gasteiger partial charge on any atom is -0.326 e. The lowest BCUT2D eigenvalue weighted by Crippen LogP contribution is -2.08. The molecule has 0 aliphatic heterocycles. The van der Waals surface area contributed by atoms with Crippen molar-refractivity contribution in [1.29, 1.82) is 0 Å². The molecule has 1 aliphatic carbocycles. The maximum Gasteiger partial charge on any atom is 0.0780 e. The van der Waals surface area contributed by atoms with Crippen LogP contribution in [0, 0.1) is 0 Å². The van der Waals surface area contributed by atoms with Crippen LogP contribution < -0.4 is 5.73 Å². The fourth-order valence-electron chi connectivity index (χ4n) is 4.30. The van der Waals surface area contributed by atoms with E-state index >= 15 is 0 Å². The average molecular weight is 339 g/mol. The first-order chi connectivity index (χ1) is 12.8. The summed E-state index contributed by atoms with van der Waals surface area (Å²) < 4.78 is 4.56. The van der Waals surface area contributed by atoms with Crippen LogP contribution in [0.15, 0.2) is 60.7 Å². The smallest absolute Gasteiger partial charge is 0.0780 e. The van der Waals surface area contributed by atoms with Crippen molar-refractivity contribution < 1.29 is 0 Å². The average Bonchev–Trinajstić information content (AvgIpc) is 3.33. The number of fused-ring (bicyclic) bond motifs is 7. The first kappa shape index (κ1) is 15.2. The van der Waals surface area contributed by atoms with Crippen LogP contribution in [0.3, 0.4) is 0 Å². The molecule has 0 fully saturated rings. The molecule has 2 N–H and O–H groups in total. The van der Waals surface area contributed by atoms with Crippen LogP contribution >= 0.6 is 0 Å². The van der Waals surface area contributed by atoms with Gasteiger partial charge in [0.2, 0.25) is 0 Å². The number of nitrogens with zero attached hydrogens (tertiary/aromatic N) is 2. The number of para-hydroxylation sites is 1. The van der Waals surface area contributed by atoms with Gasteiger partial charge in [-0.3, -0.25) is 0 Å². The molecule has 3 heteroatoms. The normalized spacial score (nSPS) is 14.1. The van der Waals surface area contributed by atoms with Crippen LogP contribution in [0.1, 0.15) is 18.2 Å². The molecule has 2 heterocycles. The molecule has 0 saturated carbocycles. The predicted octanol–water partition coefficient (Wildman–Crippen LogP) is 5.28. The Morgan fingerprint density at radius 2 is 1.85 bits per heavy atom. The third kappa shape index (κ3) is 1.92. The Kier molecular flexibility index (Phi) is 3.37. The van der Waals surface area contributed by atoms with E-state index in [1.165, 1.54) is 44.0 Å². The highest BCUT2D eigenvalue weighted by Crippen LogP contribution is 2.39. The summed E-state index contributed by atoms with van der Waals surface area (Å²) in [6.45, 7) is 2.51. The van der Waals surface area contributed by atoms with Gasteiger partial charge in [0.25, 0.3) is 0 Å². The molecule has 0 saturated heterocycles. The van der Waals surface area contributed by atoms with Crippen LogP contribution in [0.25, 0.3) is 45.0 Å². The van der Waals surface area contributed by atoms with E-state index in [1.54, 1.807) is 0 Å². The van der Waals surface area contributed by atoms with Crippen molar-refractivity contribution in [3.8, 4) is 0 Å². The molecule has 0 unspecified atom stereocenters. The molecule has 0 amide bonds. The number of benzene rings is 2. The second kappa shape index (κ2) is 5.75. The van der Waals surface area contributed by atoms with Gasteiger partial charge in [0.1, 0.15) is 0 Å². The second-order valence-corrected chi connectivity index (χ2v) is 6.69. The zero-order valence-corrected chi connectivity index (χ0v) is 14.8. The van der Waals surface area contributed by atoms with Crippen molar-refractivity contribution in [2.75, 3.05) is 0 Å².